The van der Waals surface area contributed by atoms with E-state index in [1.54, 1.807) is 0 Å². The maximum absolute atomic E-state index is 14.3. The first-order chi connectivity index (χ1) is 36.7. The molecule has 16 atom stereocenters. The molecule has 7 amide bonds. The maximum atomic E-state index is 14.3. The molecule has 3 fully saturated rings. The van der Waals surface area contributed by atoms with Crippen molar-refractivity contribution in [2.24, 2.45) is 23.3 Å². The normalized spacial score (nSPS) is 24.5. The molecule has 0 spiro atoms. The molecule has 4 rings (SSSR count). The summed E-state index contributed by atoms with van der Waals surface area (Å²) in [6.07, 6.45) is -6.37. The van der Waals surface area contributed by atoms with E-state index in [4.69, 9.17) is 21.4 Å². The number of nitrogens with two attached hydrogens (primary N) is 2. The molecule has 1 aromatic carbocycles. The average molecular weight is 1110 g/mol. The highest BCUT2D eigenvalue weighted by Crippen LogP contribution is 2.29. The summed E-state index contributed by atoms with van der Waals surface area (Å²) in [4.78, 5) is 108. The fraction of sp³-hybridized carbons (Fsp3) is 0.731. The van der Waals surface area contributed by atoms with E-state index in [0.717, 1.165) is 85.6 Å². The molecular formula is C52H86N8O18. The number of nitrogens with zero attached hydrogens (tertiary/aromatic N) is 3. The zero-order chi connectivity index (χ0) is 58.7. The van der Waals surface area contributed by atoms with Gasteiger partial charge in [-0.25, -0.2) is 0 Å². The van der Waals surface area contributed by atoms with Crippen molar-refractivity contribution in [1.29, 1.82) is 0 Å². The molecule has 0 bridgehead atoms. The highest BCUT2D eigenvalue weighted by molar-refractivity contribution is 5.98. The minimum Gasteiger partial charge on any atom is -0.508 e. The molecule has 1 aromatic rings. The number of rotatable bonds is 28. The molecule has 26 nitrogen and oxygen atoms in total. The minimum atomic E-state index is -2.29. The second-order valence-corrected chi connectivity index (χ2v) is 21.1. The topological polar surface area (TPSA) is 437 Å². The van der Waals surface area contributed by atoms with E-state index in [1.807, 2.05) is 0 Å². The Bertz CT molecular complexity index is 2140. The molecule has 442 valence electrons. The number of amides is 7. The Hall–Kier alpha value is -5.58. The predicted octanol–water partition coefficient (Wildman–Crippen LogP) is -2.70. The second kappa shape index (κ2) is 31.9. The second-order valence-electron chi connectivity index (χ2n) is 21.1. The van der Waals surface area contributed by atoms with Crippen LogP contribution in [0.1, 0.15) is 136 Å². The number of nitrogens with one attached hydrogen (secondary N) is 3. The summed E-state index contributed by atoms with van der Waals surface area (Å²) in [5.74, 6) is -7.26. The number of likely N-dealkylation sites (tertiary alicyclic amines) is 3. The zero-order valence-corrected chi connectivity index (χ0v) is 45.3. The van der Waals surface area contributed by atoms with Gasteiger partial charge < -0.3 is 93.2 Å². The number of β-amino-alcohol motifs (C(OH)–C–C–N with tert-alkyl or cyclic N) is 1. The number of aliphatic carboxylic acids is 1. The average Bonchev–Trinajstić information content (AvgIpc) is 4.08. The van der Waals surface area contributed by atoms with Crippen LogP contribution in [0.4, 0.5) is 0 Å². The Morgan fingerprint density at radius 1 is 0.718 bits per heavy atom. The SMILES string of the molecule is CC(=O)O.CC[C@H](C)C[C@H](C)CCCCCCCCC(=O)N1C(O)[C@H](O)C[C@H]1C(=O)N[C@H](C(=O)N1C[C@H](O)C[C@H]1C(=O)N[C@H](C(=O)N[C@H](C(=O)N1CC[C@H](O)[C@H]1C(N)=O)[C@H](O)CCN)[C@H](O)[C@@H](O)c1ccc(O)cc1)[C@@H](C)O. The summed E-state index contributed by atoms with van der Waals surface area (Å²) >= 11 is 0. The number of hydrogen-bond acceptors (Lipinski definition) is 18. The van der Waals surface area contributed by atoms with Crippen molar-refractivity contribution in [3.05, 3.63) is 29.8 Å². The van der Waals surface area contributed by atoms with E-state index in [1.165, 1.54) is 18.6 Å². The lowest BCUT2D eigenvalue weighted by molar-refractivity contribution is -0.151. The molecular weight excluding hydrogens is 1020 g/mol. The number of hydrogen-bond donors (Lipinski definition) is 15. The van der Waals surface area contributed by atoms with Gasteiger partial charge in [0.25, 0.3) is 5.97 Å². The van der Waals surface area contributed by atoms with Crippen LogP contribution in [0.15, 0.2) is 24.3 Å². The fourth-order valence-corrected chi connectivity index (χ4v) is 10.1. The molecule has 78 heavy (non-hydrogen) atoms. The first-order valence-electron chi connectivity index (χ1n) is 26.9. The van der Waals surface area contributed by atoms with Crippen molar-refractivity contribution in [1.82, 2.24) is 30.7 Å². The number of unbranched alkanes of at least 4 members (excludes halogenated alkanes) is 5. The number of carboxylic acid groups (broad SMARTS) is 1. The summed E-state index contributed by atoms with van der Waals surface area (Å²) in [6, 6.07) is -6.05. The summed E-state index contributed by atoms with van der Waals surface area (Å²) in [5.41, 5.74) is 11.0. The lowest BCUT2D eigenvalue weighted by Gasteiger charge is -2.34. The van der Waals surface area contributed by atoms with Gasteiger partial charge in [0.1, 0.15) is 60.3 Å². The standard InChI is InChI=1S/C50H82N8O16.C2H4O2/c1-5-26(2)22-27(3)12-10-8-6-7-9-11-13-37(65)58-33(24-36(64)48(58)72)46(70)53-38(28(4)59)49(73)57-25-31(61)23-32(57)45(69)55-40(43(67)42(66)29-14-16-30(60)17-15-29)47(71)54-39(34(62)18-20-51)50(74)56-21-19-35(63)41(56)44(52)68;1-2(3)4/h14-17,26-28,31-36,38-43,48,59-64,66-67,72H,5-13,18-25,51H2,1-4H3,(H2,52,68)(H,53,70)(H,54,71)(H,55,69);1H3,(H,3,4)/t26-,27+,28+,31+,32-,33-,34+,35-,36+,38-,39-,40-,41-,42-,43-,48?;/m0./s1. The minimum absolute atomic E-state index is 0.0377. The van der Waals surface area contributed by atoms with Gasteiger partial charge in [-0.2, -0.15) is 0 Å². The quantitative estimate of drug-likeness (QED) is 0.0380. The Morgan fingerprint density at radius 2 is 1.28 bits per heavy atom. The van der Waals surface area contributed by atoms with Gasteiger partial charge in [-0.1, -0.05) is 77.8 Å². The van der Waals surface area contributed by atoms with Crippen molar-refractivity contribution in [2.75, 3.05) is 19.6 Å². The molecule has 26 heteroatoms. The zero-order valence-electron chi connectivity index (χ0n) is 45.3. The lowest BCUT2D eigenvalue weighted by atomic mass is 9.91. The first kappa shape index (κ1) is 66.7. The van der Waals surface area contributed by atoms with Gasteiger partial charge in [0, 0.05) is 39.3 Å². The molecule has 0 saturated carbocycles. The van der Waals surface area contributed by atoms with Crippen LogP contribution in [0.2, 0.25) is 0 Å². The Balaban J connectivity index is 0.00000386. The van der Waals surface area contributed by atoms with Crippen LogP contribution in [-0.2, 0) is 38.4 Å². The highest BCUT2D eigenvalue weighted by Gasteiger charge is 2.50. The summed E-state index contributed by atoms with van der Waals surface area (Å²) in [7, 11) is 0. The number of phenolic OH excluding ortho intramolecular Hbond substituents is 1. The van der Waals surface area contributed by atoms with E-state index >= 15 is 0 Å². The summed E-state index contributed by atoms with van der Waals surface area (Å²) in [5, 5.41) is 112. The number of carbonyl (C=O) groups excluding carboxylic acids is 7. The Kier molecular flexibility index (Phi) is 27.3. The van der Waals surface area contributed by atoms with Crippen LogP contribution in [0.3, 0.4) is 0 Å². The maximum Gasteiger partial charge on any atom is 0.300 e. The monoisotopic (exact) mass is 1110 g/mol. The van der Waals surface area contributed by atoms with Gasteiger partial charge in [0.2, 0.25) is 41.4 Å². The largest absolute Gasteiger partial charge is 0.508 e. The number of carboxylic acids is 1. The van der Waals surface area contributed by atoms with Crippen molar-refractivity contribution >= 4 is 47.3 Å². The number of aliphatic hydroxyl groups is 8. The van der Waals surface area contributed by atoms with Crippen LogP contribution < -0.4 is 27.4 Å². The smallest absolute Gasteiger partial charge is 0.300 e. The van der Waals surface area contributed by atoms with Gasteiger partial charge >= 0.3 is 0 Å². The molecule has 3 saturated heterocycles. The fourth-order valence-electron chi connectivity index (χ4n) is 10.1. The number of carbonyl (C=O) groups is 8. The number of aromatic hydroxyl groups is 1. The van der Waals surface area contributed by atoms with Gasteiger partial charge in [0.05, 0.1) is 24.4 Å². The third kappa shape index (κ3) is 19.1. The van der Waals surface area contributed by atoms with Crippen molar-refractivity contribution in [3.8, 4) is 5.75 Å². The molecule has 3 aliphatic rings. The molecule has 3 aliphatic heterocycles. The molecule has 0 aromatic heterocycles. The Morgan fingerprint density at radius 3 is 1.86 bits per heavy atom. The van der Waals surface area contributed by atoms with Crippen LogP contribution in [0, 0.1) is 11.8 Å². The molecule has 0 radical (unpaired) electrons. The van der Waals surface area contributed by atoms with E-state index in [0.29, 0.717) is 18.3 Å². The Labute approximate surface area is 454 Å². The van der Waals surface area contributed by atoms with E-state index in [2.05, 4.69) is 36.7 Å². The van der Waals surface area contributed by atoms with Crippen molar-refractivity contribution in [3.63, 3.8) is 0 Å². The van der Waals surface area contributed by atoms with E-state index in [9.17, 15) is 79.5 Å². The van der Waals surface area contributed by atoms with Gasteiger partial charge in [-0.05, 0) is 68.7 Å². The number of benzene rings is 1. The van der Waals surface area contributed by atoms with Gasteiger partial charge in [-0.3, -0.25) is 38.4 Å². The van der Waals surface area contributed by atoms with Gasteiger partial charge in [0.15, 0.2) is 6.23 Å². The van der Waals surface area contributed by atoms with Crippen molar-refractivity contribution < 1.29 is 89.4 Å². The predicted molar refractivity (Wildman–Crippen MR) is 278 cm³/mol. The van der Waals surface area contributed by atoms with Crippen LogP contribution in [0.5, 0.6) is 5.75 Å². The molecule has 17 N–H and O–H groups in total. The van der Waals surface area contributed by atoms with Gasteiger partial charge in [-0.15, -0.1) is 0 Å². The van der Waals surface area contributed by atoms with Crippen molar-refractivity contribution in [2.45, 2.75) is 210 Å². The third-order valence-electron chi connectivity index (χ3n) is 14.6. The summed E-state index contributed by atoms with van der Waals surface area (Å²) in [6.45, 7) is 7.97. The van der Waals surface area contributed by atoms with E-state index in [-0.39, 0.29) is 43.7 Å². The first-order valence-corrected chi connectivity index (χ1v) is 26.9. The number of phenols is 1. The number of primary amides is 1. The summed E-state index contributed by atoms with van der Waals surface area (Å²) < 4.78 is 0. The van der Waals surface area contributed by atoms with Crippen LogP contribution >= 0.6 is 0 Å². The molecule has 0 aliphatic carbocycles. The molecule has 3 heterocycles. The molecule has 1 unspecified atom stereocenters. The van der Waals surface area contributed by atoms with Crippen LogP contribution in [-0.4, -0.2) is 212 Å². The number of aliphatic hydroxyl groups excluding tert-OH is 8. The van der Waals surface area contributed by atoms with Crippen LogP contribution in [0.25, 0.3) is 0 Å². The third-order valence-corrected chi connectivity index (χ3v) is 14.6. The van der Waals surface area contributed by atoms with E-state index < -0.39 is 152 Å². The highest BCUT2D eigenvalue weighted by atomic mass is 16.4. The lowest BCUT2D eigenvalue weighted by Crippen LogP contribution is -2.64.